The van der Waals surface area contributed by atoms with E-state index < -0.39 is 0 Å². The lowest BCUT2D eigenvalue weighted by Crippen LogP contribution is -2.16. The molecule has 0 N–H and O–H groups in total. The van der Waals surface area contributed by atoms with Crippen LogP contribution in [0.15, 0.2) is 303 Å². The first-order chi connectivity index (χ1) is 48.6. The predicted octanol–water partition coefficient (Wildman–Crippen LogP) is 24.7. The van der Waals surface area contributed by atoms with Crippen molar-refractivity contribution in [3.05, 3.63) is 314 Å². The third-order valence-corrected chi connectivity index (χ3v) is 23.0. The minimum atomic E-state index is 0.401. The van der Waals surface area contributed by atoms with Crippen LogP contribution in [0.3, 0.4) is 0 Å². The van der Waals surface area contributed by atoms with Gasteiger partial charge in [0, 0.05) is 74.0 Å². The van der Waals surface area contributed by atoms with Gasteiger partial charge in [0.1, 0.15) is 23.3 Å². The molecule has 98 heavy (non-hydrogen) atoms. The van der Waals surface area contributed by atoms with Crippen molar-refractivity contribution in [1.29, 1.82) is 10.5 Å². The molecule has 8 heteroatoms. The molecule has 6 nitrogen and oxygen atoms in total. The number of para-hydroxylation sites is 4. The number of fused-ring (bicyclic) bond motifs is 21. The number of thiophene rings is 2. The minimum absolute atomic E-state index is 0.401. The number of nitriles is 2. The molecule has 0 unspecified atom stereocenters. The van der Waals surface area contributed by atoms with Gasteiger partial charge in [-0.2, -0.15) is 10.5 Å². The highest BCUT2D eigenvalue weighted by atomic mass is 32.1. The second-order valence-corrected chi connectivity index (χ2v) is 27.6. The van der Waals surface area contributed by atoms with E-state index >= 15 is 0 Å². The zero-order valence-corrected chi connectivity index (χ0v) is 54.0. The van der Waals surface area contributed by atoms with Crippen LogP contribution in [-0.4, -0.2) is 18.3 Å². The molecule has 21 rings (SSSR count). The Morgan fingerprint density at radius 3 is 1.19 bits per heavy atom. The van der Waals surface area contributed by atoms with Crippen LogP contribution in [0.25, 0.3) is 194 Å². The number of hydrogen-bond donors (Lipinski definition) is 0. The van der Waals surface area contributed by atoms with Gasteiger partial charge in [0.2, 0.25) is 0 Å². The van der Waals surface area contributed by atoms with Crippen LogP contribution in [0.2, 0.25) is 0 Å². The summed E-state index contributed by atoms with van der Waals surface area (Å²) in [6, 6.07) is 115. The lowest BCUT2D eigenvalue weighted by molar-refractivity contribution is 1.03. The van der Waals surface area contributed by atoms with Gasteiger partial charge >= 0.3 is 0 Å². The maximum atomic E-state index is 13.6. The van der Waals surface area contributed by atoms with Crippen LogP contribution in [0.1, 0.15) is 11.1 Å². The van der Waals surface area contributed by atoms with Crippen molar-refractivity contribution >= 4 is 161 Å². The topological polar surface area (TPSA) is 67.3 Å². The third kappa shape index (κ3) is 7.47. The van der Waals surface area contributed by atoms with Crippen LogP contribution in [0.5, 0.6) is 0 Å². The van der Waals surface area contributed by atoms with Crippen molar-refractivity contribution in [3.8, 4) is 68.3 Å². The molecular formula is C90H50N6S2. The van der Waals surface area contributed by atoms with E-state index in [2.05, 4.69) is 334 Å². The normalized spacial score (nSPS) is 12.1. The first-order valence-electron chi connectivity index (χ1n) is 33.0. The van der Waals surface area contributed by atoms with Gasteiger partial charge in [-0.05, 0) is 92.7 Å². The summed E-state index contributed by atoms with van der Waals surface area (Å²) >= 11 is 3.56. The van der Waals surface area contributed by atoms with Crippen molar-refractivity contribution in [2.24, 2.45) is 0 Å². The summed E-state index contributed by atoms with van der Waals surface area (Å²) in [5.41, 5.74) is 17.0. The van der Waals surface area contributed by atoms with Gasteiger partial charge in [-0.25, -0.2) is 0 Å². The van der Waals surface area contributed by atoms with E-state index in [9.17, 15) is 10.5 Å². The van der Waals surface area contributed by atoms with Crippen LogP contribution in [-0.2, 0) is 0 Å². The molecule has 452 valence electrons. The van der Waals surface area contributed by atoms with Crippen molar-refractivity contribution < 1.29 is 0 Å². The number of benzene rings is 15. The monoisotopic (exact) mass is 1280 g/mol. The molecule has 6 aromatic heterocycles. The van der Waals surface area contributed by atoms with Gasteiger partial charge in [-0.15, -0.1) is 22.7 Å². The van der Waals surface area contributed by atoms with Gasteiger partial charge < -0.3 is 18.3 Å². The van der Waals surface area contributed by atoms with Gasteiger partial charge in [-0.1, -0.05) is 255 Å². The quantitative estimate of drug-likeness (QED) is 0.160. The molecule has 0 saturated heterocycles. The fraction of sp³-hybridized carbons (Fsp3) is 0. The summed E-state index contributed by atoms with van der Waals surface area (Å²) in [6.07, 6.45) is 0. The van der Waals surface area contributed by atoms with Crippen LogP contribution in [0.4, 0.5) is 0 Å². The summed E-state index contributed by atoms with van der Waals surface area (Å²) in [6.45, 7) is 0. The van der Waals surface area contributed by atoms with Gasteiger partial charge in [-0.3, -0.25) is 0 Å². The summed E-state index contributed by atoms with van der Waals surface area (Å²) in [4.78, 5) is 0. The number of rotatable bonds is 7. The third-order valence-electron chi connectivity index (χ3n) is 20.6. The van der Waals surface area contributed by atoms with E-state index in [0.717, 1.165) is 172 Å². The smallest absolute Gasteiger partial charge is 0.104 e. The average Bonchev–Trinajstić information content (AvgIpc) is 1.48. The fourth-order valence-corrected chi connectivity index (χ4v) is 19.1. The Bertz CT molecular complexity index is 7040. The molecule has 6 heterocycles. The van der Waals surface area contributed by atoms with Crippen LogP contribution < -0.4 is 0 Å². The van der Waals surface area contributed by atoms with E-state index in [4.69, 9.17) is 0 Å². The van der Waals surface area contributed by atoms with Crippen molar-refractivity contribution in [2.75, 3.05) is 0 Å². The molecule has 0 aliphatic carbocycles. The van der Waals surface area contributed by atoms with Crippen LogP contribution >= 0.6 is 22.7 Å². The Kier molecular flexibility index (Phi) is 11.6. The first kappa shape index (κ1) is 54.6. The van der Waals surface area contributed by atoms with E-state index in [1.165, 1.54) is 0 Å². The number of nitrogens with zero attached hydrogens (tertiary/aromatic N) is 6. The van der Waals surface area contributed by atoms with Crippen molar-refractivity contribution in [1.82, 2.24) is 18.3 Å². The van der Waals surface area contributed by atoms with E-state index in [1.54, 1.807) is 22.7 Å². The standard InChI is InChI=1S/C90H50N6S2/c91-51-72-84(94-76-39-16-10-31-62(76)63-32-11-17-40-77(63)94)86(96-79-50-55(58-28-7-6-26-56(58)53-22-2-1-3-23-53)44-45-64(79)68-46-47-69-65-33-12-18-42-80(65)97-89(69)87(68)96)73(52-92)83(93-74-37-14-8-29-60(74)61-30-9-15-38-75(61)93)85(72)95-78-41-21-36-67(59-35-20-25-54-24-4-5-27-57(54)59)82(78)71-49-48-70-66-34-13-19-43-81(66)98-90(70)88(71)95/h1-50H. The Hall–Kier alpha value is -12.8. The summed E-state index contributed by atoms with van der Waals surface area (Å²) in [5.74, 6) is 0. The molecule has 0 spiro atoms. The van der Waals surface area contributed by atoms with Gasteiger partial charge in [0.25, 0.3) is 0 Å². The molecule has 0 fully saturated rings. The molecule has 0 radical (unpaired) electrons. The minimum Gasteiger partial charge on any atom is -0.306 e. The highest BCUT2D eigenvalue weighted by Gasteiger charge is 2.36. The van der Waals surface area contributed by atoms with Gasteiger partial charge in [0.15, 0.2) is 0 Å². The van der Waals surface area contributed by atoms with Crippen LogP contribution in [0, 0.1) is 22.7 Å². The average molecular weight is 1280 g/mol. The second kappa shape index (κ2) is 20.8. The Morgan fingerprint density at radius 1 is 0.245 bits per heavy atom. The second-order valence-electron chi connectivity index (χ2n) is 25.5. The molecule has 0 aliphatic rings. The molecular weight excluding hydrogens is 1230 g/mol. The predicted molar refractivity (Wildman–Crippen MR) is 413 cm³/mol. The molecule has 0 saturated carbocycles. The highest BCUT2D eigenvalue weighted by molar-refractivity contribution is 7.27. The maximum Gasteiger partial charge on any atom is 0.104 e. The molecule has 0 bridgehead atoms. The largest absolute Gasteiger partial charge is 0.306 e. The zero-order chi connectivity index (χ0) is 64.4. The molecule has 0 atom stereocenters. The summed E-state index contributed by atoms with van der Waals surface area (Å²) in [5, 5.41) is 42.2. The molecule has 15 aromatic carbocycles. The highest BCUT2D eigenvalue weighted by Crippen LogP contribution is 2.54. The van der Waals surface area contributed by atoms with Crippen molar-refractivity contribution in [3.63, 3.8) is 0 Å². The lowest BCUT2D eigenvalue weighted by Gasteiger charge is -2.27. The summed E-state index contributed by atoms with van der Waals surface area (Å²) < 4.78 is 13.9. The van der Waals surface area contributed by atoms with Crippen molar-refractivity contribution in [2.45, 2.75) is 0 Å². The summed E-state index contributed by atoms with van der Waals surface area (Å²) in [7, 11) is 0. The van der Waals surface area contributed by atoms with E-state index in [-0.39, 0.29) is 0 Å². The Labute approximate surface area is 568 Å². The SMILES string of the molecule is N#Cc1c(-n2c3ccccc3c3ccccc32)c(-n2c3cccc(-c4cccc5ccccc45)c3c3ccc4c5ccccc5sc4c32)c(C#N)c(-n2c3ccccc3c3ccccc32)c1-n1c2cc(-c3ccccc3-c3ccccc3)ccc2c2ccc3c4ccccc4sc3c21. The van der Waals surface area contributed by atoms with Gasteiger partial charge in [0.05, 0.1) is 76.3 Å². The lowest BCUT2D eigenvalue weighted by atomic mass is 9.94. The molecule has 0 aliphatic heterocycles. The molecule has 21 aromatic rings. The number of hydrogen-bond acceptors (Lipinski definition) is 4. The van der Waals surface area contributed by atoms with E-state index in [0.29, 0.717) is 33.9 Å². The maximum absolute atomic E-state index is 13.6. The Balaban J connectivity index is 1.05. The first-order valence-corrected chi connectivity index (χ1v) is 34.7. The van der Waals surface area contributed by atoms with E-state index in [1.807, 2.05) is 0 Å². The number of aromatic nitrogens is 4. The Morgan fingerprint density at radius 2 is 0.622 bits per heavy atom. The fourth-order valence-electron chi connectivity index (χ4n) is 16.6. The zero-order valence-electron chi connectivity index (χ0n) is 52.4. The molecule has 0 amide bonds.